The van der Waals surface area contributed by atoms with Crippen LogP contribution in [0.1, 0.15) is 30.0 Å². The molecule has 8 heteroatoms. The lowest BCUT2D eigenvalue weighted by molar-refractivity contribution is 0.202. The van der Waals surface area contributed by atoms with Crippen LogP contribution in [0.5, 0.6) is 5.75 Å². The Morgan fingerprint density at radius 1 is 1.26 bits per heavy atom. The monoisotopic (exact) mass is 353 g/mol. The predicted molar refractivity (Wildman–Crippen MR) is 88.4 cm³/mol. The van der Waals surface area contributed by atoms with Gasteiger partial charge >= 0.3 is 0 Å². The molecule has 0 unspecified atom stereocenters. The van der Waals surface area contributed by atoms with Crippen LogP contribution in [0, 0.1) is 0 Å². The Bertz CT molecular complexity index is 764. The van der Waals surface area contributed by atoms with Crippen LogP contribution in [0.4, 0.5) is 0 Å². The molecular formula is C15H19N3O3S2. The van der Waals surface area contributed by atoms with Gasteiger partial charge in [-0.1, -0.05) is 16.6 Å². The standard InChI is InChI=1S/C15H19N3O3S2/c1-23(20,21)15-14(16-17-22-15)12-6-8-18(9-7-12)10-11-2-4-13(19)5-3-11/h2-5,12,19H,6-10H2,1H3. The van der Waals surface area contributed by atoms with Gasteiger partial charge in [0.25, 0.3) is 0 Å². The molecule has 1 fully saturated rings. The minimum atomic E-state index is -3.25. The maximum Gasteiger partial charge on any atom is 0.188 e. The number of nitrogens with zero attached hydrogens (tertiary/aromatic N) is 3. The van der Waals surface area contributed by atoms with Gasteiger partial charge in [0, 0.05) is 30.3 Å². The molecule has 0 aliphatic carbocycles. The highest BCUT2D eigenvalue weighted by Gasteiger charge is 2.28. The average molecular weight is 353 g/mol. The number of aromatic nitrogens is 2. The summed E-state index contributed by atoms with van der Waals surface area (Å²) < 4.78 is 27.7. The molecular weight excluding hydrogens is 334 g/mol. The molecule has 1 aromatic heterocycles. The highest BCUT2D eigenvalue weighted by atomic mass is 32.2. The molecule has 0 amide bonds. The quantitative estimate of drug-likeness (QED) is 0.905. The maximum atomic E-state index is 11.8. The lowest BCUT2D eigenvalue weighted by atomic mass is 9.94. The molecule has 0 saturated carbocycles. The zero-order valence-electron chi connectivity index (χ0n) is 12.8. The molecule has 1 saturated heterocycles. The van der Waals surface area contributed by atoms with Gasteiger partial charge in [-0.15, -0.1) is 5.10 Å². The van der Waals surface area contributed by atoms with Crippen molar-refractivity contribution in [3.8, 4) is 5.75 Å². The first-order valence-corrected chi connectivity index (χ1v) is 10.1. The van der Waals surface area contributed by atoms with Crippen molar-refractivity contribution in [1.82, 2.24) is 14.5 Å². The van der Waals surface area contributed by atoms with Crippen molar-refractivity contribution in [2.24, 2.45) is 0 Å². The van der Waals surface area contributed by atoms with E-state index in [-0.39, 0.29) is 11.7 Å². The Hall–Kier alpha value is -1.51. The van der Waals surface area contributed by atoms with Crippen LogP contribution in [-0.4, -0.2) is 47.4 Å². The third kappa shape index (κ3) is 3.88. The lowest BCUT2D eigenvalue weighted by Crippen LogP contribution is -2.32. The predicted octanol–water partition coefficient (Wildman–Crippen LogP) is 2.03. The van der Waals surface area contributed by atoms with E-state index in [1.54, 1.807) is 12.1 Å². The highest BCUT2D eigenvalue weighted by Crippen LogP contribution is 2.33. The fourth-order valence-corrected chi connectivity index (χ4v) is 4.65. The van der Waals surface area contributed by atoms with Crippen molar-refractivity contribution in [3.05, 3.63) is 35.5 Å². The fourth-order valence-electron chi connectivity index (χ4n) is 2.92. The Kier molecular flexibility index (Phi) is 4.65. The second kappa shape index (κ2) is 6.54. The number of hydrogen-bond acceptors (Lipinski definition) is 7. The maximum absolute atomic E-state index is 11.8. The largest absolute Gasteiger partial charge is 0.508 e. The van der Waals surface area contributed by atoms with Gasteiger partial charge in [-0.05, 0) is 43.6 Å². The van der Waals surface area contributed by atoms with Crippen LogP contribution in [0.2, 0.25) is 0 Å². The van der Waals surface area contributed by atoms with E-state index < -0.39 is 9.84 Å². The number of likely N-dealkylation sites (tertiary alicyclic amines) is 1. The molecule has 1 aromatic carbocycles. The Balaban J connectivity index is 1.63. The number of sulfone groups is 1. The highest BCUT2D eigenvalue weighted by molar-refractivity contribution is 7.92. The first-order valence-electron chi connectivity index (χ1n) is 7.46. The van der Waals surface area contributed by atoms with Crippen LogP contribution in [-0.2, 0) is 16.4 Å². The first-order chi connectivity index (χ1) is 10.9. The SMILES string of the molecule is CS(=O)(=O)c1snnc1C1CCN(Cc2ccc(O)cc2)CC1. The molecule has 0 atom stereocenters. The number of phenols is 1. The van der Waals surface area contributed by atoms with E-state index in [2.05, 4.69) is 14.5 Å². The lowest BCUT2D eigenvalue weighted by Gasteiger charge is -2.31. The summed E-state index contributed by atoms with van der Waals surface area (Å²) >= 11 is 0.969. The third-order valence-electron chi connectivity index (χ3n) is 4.14. The van der Waals surface area contributed by atoms with Crippen LogP contribution >= 0.6 is 11.5 Å². The van der Waals surface area contributed by atoms with Gasteiger partial charge in [-0.2, -0.15) is 0 Å². The van der Waals surface area contributed by atoms with Gasteiger partial charge in [0.1, 0.15) is 5.75 Å². The van der Waals surface area contributed by atoms with Gasteiger partial charge in [0.15, 0.2) is 14.0 Å². The van der Waals surface area contributed by atoms with E-state index in [0.29, 0.717) is 9.90 Å². The van der Waals surface area contributed by atoms with Gasteiger partial charge in [-0.3, -0.25) is 4.90 Å². The summed E-state index contributed by atoms with van der Waals surface area (Å²) in [6.45, 7) is 2.62. The minimum absolute atomic E-state index is 0.162. The zero-order valence-corrected chi connectivity index (χ0v) is 14.5. The number of phenolic OH excluding ortho intramolecular Hbond substituents is 1. The summed E-state index contributed by atoms with van der Waals surface area (Å²) in [4.78, 5) is 2.34. The second-order valence-electron chi connectivity index (χ2n) is 5.93. The Labute approximate surface area is 139 Å². The molecule has 6 nitrogen and oxygen atoms in total. The summed E-state index contributed by atoms with van der Waals surface area (Å²) in [7, 11) is -3.25. The summed E-state index contributed by atoms with van der Waals surface area (Å²) in [5.41, 5.74) is 1.80. The topological polar surface area (TPSA) is 83.4 Å². The fraction of sp³-hybridized carbons (Fsp3) is 0.467. The van der Waals surface area contributed by atoms with E-state index in [1.165, 1.54) is 6.26 Å². The molecule has 2 aromatic rings. The molecule has 1 aliphatic heterocycles. The number of piperidine rings is 1. The number of hydrogen-bond donors (Lipinski definition) is 1. The van der Waals surface area contributed by atoms with Crippen LogP contribution in [0.15, 0.2) is 28.5 Å². The minimum Gasteiger partial charge on any atom is -0.508 e. The van der Waals surface area contributed by atoms with Gasteiger partial charge < -0.3 is 5.11 Å². The molecule has 0 bridgehead atoms. The van der Waals surface area contributed by atoms with Crippen molar-refractivity contribution >= 4 is 21.4 Å². The average Bonchev–Trinajstić information content (AvgIpc) is 3.00. The van der Waals surface area contributed by atoms with Crippen molar-refractivity contribution < 1.29 is 13.5 Å². The van der Waals surface area contributed by atoms with Gasteiger partial charge in [-0.25, -0.2) is 8.42 Å². The summed E-state index contributed by atoms with van der Waals surface area (Å²) in [6, 6.07) is 7.24. The Morgan fingerprint density at radius 3 is 2.52 bits per heavy atom. The molecule has 1 N–H and O–H groups in total. The number of rotatable bonds is 4. The molecule has 1 aliphatic rings. The molecule has 124 valence electrons. The summed E-state index contributed by atoms with van der Waals surface area (Å²) in [5.74, 6) is 0.436. The molecule has 23 heavy (non-hydrogen) atoms. The zero-order chi connectivity index (χ0) is 16.4. The first kappa shape index (κ1) is 16.4. The Morgan fingerprint density at radius 2 is 1.91 bits per heavy atom. The van der Waals surface area contributed by atoms with Crippen LogP contribution in [0.3, 0.4) is 0 Å². The normalized spacial score (nSPS) is 17.4. The van der Waals surface area contributed by atoms with E-state index >= 15 is 0 Å². The second-order valence-corrected chi connectivity index (χ2v) is 8.90. The van der Waals surface area contributed by atoms with Crippen molar-refractivity contribution in [3.63, 3.8) is 0 Å². The summed E-state index contributed by atoms with van der Waals surface area (Å²) in [5, 5.41) is 13.4. The molecule has 0 spiro atoms. The van der Waals surface area contributed by atoms with Gasteiger partial charge in [0.05, 0.1) is 5.69 Å². The molecule has 3 rings (SSSR count). The van der Waals surface area contributed by atoms with Crippen molar-refractivity contribution in [1.29, 1.82) is 0 Å². The number of benzene rings is 1. The van der Waals surface area contributed by atoms with Crippen molar-refractivity contribution in [2.75, 3.05) is 19.3 Å². The van der Waals surface area contributed by atoms with E-state index in [4.69, 9.17) is 0 Å². The van der Waals surface area contributed by atoms with E-state index in [9.17, 15) is 13.5 Å². The van der Waals surface area contributed by atoms with Gasteiger partial charge in [0.2, 0.25) is 0 Å². The van der Waals surface area contributed by atoms with E-state index in [0.717, 1.165) is 49.6 Å². The van der Waals surface area contributed by atoms with Crippen molar-refractivity contribution in [2.45, 2.75) is 29.5 Å². The third-order valence-corrected chi connectivity index (χ3v) is 6.69. The smallest absolute Gasteiger partial charge is 0.188 e. The van der Waals surface area contributed by atoms with Crippen LogP contribution in [0.25, 0.3) is 0 Å². The molecule has 2 heterocycles. The van der Waals surface area contributed by atoms with Crippen LogP contribution < -0.4 is 0 Å². The van der Waals surface area contributed by atoms with E-state index in [1.807, 2.05) is 12.1 Å². The number of aromatic hydroxyl groups is 1. The summed E-state index contributed by atoms with van der Waals surface area (Å²) in [6.07, 6.45) is 2.98. The molecule has 0 radical (unpaired) electrons.